The summed E-state index contributed by atoms with van der Waals surface area (Å²) in [6.07, 6.45) is 1.24. The van der Waals surface area contributed by atoms with Crippen LogP contribution in [0.3, 0.4) is 0 Å². The van der Waals surface area contributed by atoms with Crippen molar-refractivity contribution < 1.29 is 19.0 Å². The van der Waals surface area contributed by atoms with Crippen LogP contribution in [-0.2, 0) is 4.74 Å². The Bertz CT molecular complexity index is 1210. The van der Waals surface area contributed by atoms with E-state index in [4.69, 9.17) is 19.9 Å². The lowest BCUT2D eigenvalue weighted by Gasteiger charge is -2.45. The highest BCUT2D eigenvalue weighted by Crippen LogP contribution is 2.55. The van der Waals surface area contributed by atoms with Crippen molar-refractivity contribution in [3.63, 3.8) is 0 Å². The van der Waals surface area contributed by atoms with Crippen LogP contribution in [0.1, 0.15) is 46.1 Å². The fourth-order valence-corrected chi connectivity index (χ4v) is 4.79. The molecule has 1 heterocycles. The maximum absolute atomic E-state index is 12.9. The zero-order valence-electron chi connectivity index (χ0n) is 21.3. The average Bonchev–Trinajstić information content (AvgIpc) is 2.83. The summed E-state index contributed by atoms with van der Waals surface area (Å²) in [7, 11) is 0. The van der Waals surface area contributed by atoms with Gasteiger partial charge in [0.25, 0.3) is 0 Å². The molecule has 0 saturated heterocycles. The number of carbonyl (C=O) groups is 1. The van der Waals surface area contributed by atoms with Crippen LogP contribution in [0.4, 0.5) is 4.79 Å². The van der Waals surface area contributed by atoms with Gasteiger partial charge in [-0.15, -0.1) is 0 Å². The summed E-state index contributed by atoms with van der Waals surface area (Å²) >= 11 is 0. The normalized spacial score (nSPS) is 20.7. The summed E-state index contributed by atoms with van der Waals surface area (Å²) in [5.74, 6) is -0.328. The molecule has 0 aromatic heterocycles. The molecule has 1 aliphatic heterocycles. The number of nitrogens with two attached hydrogens (primary N) is 1. The van der Waals surface area contributed by atoms with E-state index in [0.29, 0.717) is 35.8 Å². The summed E-state index contributed by atoms with van der Waals surface area (Å²) in [6.45, 7) is 10.2. The van der Waals surface area contributed by atoms with Crippen LogP contribution < -0.4 is 15.2 Å². The topological polar surface area (TPSA) is 145 Å². The first kappa shape index (κ1) is 26.4. The summed E-state index contributed by atoms with van der Waals surface area (Å²) in [4.78, 5) is 14.4. The predicted molar refractivity (Wildman–Crippen MR) is 131 cm³/mol. The number of allylic oxidation sites excluding steroid dienone is 2. The van der Waals surface area contributed by atoms with Gasteiger partial charge < -0.3 is 24.8 Å². The Balaban J connectivity index is 2.22. The number of ether oxygens (including phenoxy) is 3. The molecule has 0 bridgehead atoms. The third-order valence-electron chi connectivity index (χ3n) is 6.24. The first-order valence-electron chi connectivity index (χ1n) is 11.9. The number of nitrogens with zero attached hydrogens (tertiary/aromatic N) is 4. The second-order valence-electron chi connectivity index (χ2n) is 9.63. The van der Waals surface area contributed by atoms with Crippen LogP contribution in [0, 0.1) is 45.3 Å². The number of fused-ring (bicyclic) bond motifs is 1. The lowest BCUT2D eigenvalue weighted by molar-refractivity contribution is 0.0224. The van der Waals surface area contributed by atoms with Crippen LogP contribution in [0.25, 0.3) is 0 Å². The van der Waals surface area contributed by atoms with Crippen LogP contribution in [0.2, 0.25) is 0 Å². The van der Waals surface area contributed by atoms with Gasteiger partial charge in [0.2, 0.25) is 0 Å². The van der Waals surface area contributed by atoms with Gasteiger partial charge in [-0.1, -0.05) is 12.1 Å². The van der Waals surface area contributed by atoms with Crippen molar-refractivity contribution in [1.29, 1.82) is 15.8 Å². The van der Waals surface area contributed by atoms with E-state index in [-0.39, 0.29) is 24.4 Å². The third-order valence-corrected chi connectivity index (χ3v) is 6.24. The number of benzene rings is 1. The van der Waals surface area contributed by atoms with Crippen molar-refractivity contribution in [3.05, 3.63) is 46.7 Å². The maximum Gasteiger partial charge on any atom is 0.410 e. The van der Waals surface area contributed by atoms with Crippen molar-refractivity contribution in [2.75, 3.05) is 26.3 Å². The highest BCUT2D eigenvalue weighted by atomic mass is 16.6. The molecular weight excluding hydrogens is 458 g/mol. The molecule has 0 radical (unpaired) electrons. The number of hydrogen-bond donors (Lipinski definition) is 1. The Morgan fingerprint density at radius 1 is 1.14 bits per heavy atom. The van der Waals surface area contributed by atoms with E-state index < -0.39 is 28.9 Å². The fourth-order valence-electron chi connectivity index (χ4n) is 4.79. The van der Waals surface area contributed by atoms with Gasteiger partial charge in [0.1, 0.15) is 11.7 Å². The van der Waals surface area contributed by atoms with Gasteiger partial charge in [0, 0.05) is 24.9 Å². The second-order valence-corrected chi connectivity index (χ2v) is 9.63. The highest BCUT2D eigenvalue weighted by molar-refractivity contribution is 5.70. The predicted octanol–water partition coefficient (Wildman–Crippen LogP) is 4.14. The molecule has 1 aromatic carbocycles. The van der Waals surface area contributed by atoms with E-state index in [1.54, 1.807) is 45.0 Å². The third kappa shape index (κ3) is 4.68. The zero-order valence-corrected chi connectivity index (χ0v) is 21.3. The van der Waals surface area contributed by atoms with Crippen molar-refractivity contribution in [3.8, 4) is 29.7 Å². The number of nitriles is 3. The van der Waals surface area contributed by atoms with Crippen molar-refractivity contribution in [2.45, 2.75) is 46.1 Å². The van der Waals surface area contributed by atoms with Gasteiger partial charge in [0.15, 0.2) is 16.9 Å². The van der Waals surface area contributed by atoms with Gasteiger partial charge in [-0.3, -0.25) is 0 Å². The standard InChI is InChI=1S/C27H31N5O4/c1-6-34-21-9-8-17(12-22(21)35-7-2)23-20-14-32(25(33)36-26(3,4)5)11-10-18(20)19(13-28)24(31)27(23,15-29)16-30/h8-10,12,20,23H,6-7,11,14,31H2,1-5H3/t20-,23+/m0/s1. The first-order valence-corrected chi connectivity index (χ1v) is 11.9. The highest BCUT2D eigenvalue weighted by Gasteiger charge is 2.55. The molecule has 2 atom stereocenters. The Morgan fingerprint density at radius 3 is 2.33 bits per heavy atom. The SMILES string of the molecule is CCOc1ccc([C@@H]2[C@H]3CN(C(=O)OC(C)(C)C)CC=C3C(C#N)=C(N)C2(C#N)C#N)cc1OCC. The van der Waals surface area contributed by atoms with Gasteiger partial charge in [-0.2, -0.15) is 15.8 Å². The Labute approximate surface area is 211 Å². The Hall–Kier alpha value is -4.16. The molecular formula is C27H31N5O4. The number of carbonyl (C=O) groups excluding carboxylic acids is 1. The zero-order chi connectivity index (χ0) is 26.7. The molecule has 0 fully saturated rings. The van der Waals surface area contributed by atoms with Crippen LogP contribution in [0.5, 0.6) is 11.5 Å². The minimum atomic E-state index is -1.83. The van der Waals surface area contributed by atoms with E-state index in [1.165, 1.54) is 4.90 Å². The number of amides is 1. The van der Waals surface area contributed by atoms with Crippen molar-refractivity contribution >= 4 is 6.09 Å². The molecule has 1 aliphatic carbocycles. The minimum Gasteiger partial charge on any atom is -0.490 e. The molecule has 3 rings (SSSR count). The molecule has 2 N–H and O–H groups in total. The fraction of sp³-hybridized carbons (Fsp3) is 0.481. The smallest absolute Gasteiger partial charge is 0.410 e. The number of hydrogen-bond acceptors (Lipinski definition) is 8. The Morgan fingerprint density at radius 2 is 1.78 bits per heavy atom. The molecule has 9 heteroatoms. The van der Waals surface area contributed by atoms with Crippen molar-refractivity contribution in [1.82, 2.24) is 4.90 Å². The lowest BCUT2D eigenvalue weighted by atomic mass is 9.58. The van der Waals surface area contributed by atoms with Crippen LogP contribution in [-0.4, -0.2) is 42.9 Å². The minimum absolute atomic E-state index is 0.0833. The van der Waals surface area contributed by atoms with Gasteiger partial charge in [-0.25, -0.2) is 4.79 Å². The summed E-state index contributed by atoms with van der Waals surface area (Å²) in [5, 5.41) is 30.5. The molecule has 1 amide bonds. The first-order chi connectivity index (χ1) is 17.1. The molecule has 9 nitrogen and oxygen atoms in total. The van der Waals surface area contributed by atoms with E-state index in [2.05, 4.69) is 18.2 Å². The van der Waals surface area contributed by atoms with Gasteiger partial charge in [-0.05, 0) is 57.9 Å². The van der Waals surface area contributed by atoms with Crippen LogP contribution >= 0.6 is 0 Å². The van der Waals surface area contributed by atoms with Gasteiger partial charge in [0.05, 0.1) is 36.6 Å². The maximum atomic E-state index is 12.9. The van der Waals surface area contributed by atoms with E-state index in [1.807, 2.05) is 13.8 Å². The second kappa shape index (κ2) is 10.2. The number of rotatable bonds is 5. The quantitative estimate of drug-likeness (QED) is 0.649. The molecule has 2 aliphatic rings. The molecule has 0 spiro atoms. The molecule has 0 saturated carbocycles. The molecule has 188 valence electrons. The molecule has 0 unspecified atom stereocenters. The van der Waals surface area contributed by atoms with Crippen molar-refractivity contribution in [2.24, 2.45) is 17.1 Å². The molecule has 36 heavy (non-hydrogen) atoms. The lowest BCUT2D eigenvalue weighted by Crippen LogP contribution is -2.50. The summed E-state index contributed by atoms with van der Waals surface area (Å²) < 4.78 is 17.0. The largest absolute Gasteiger partial charge is 0.490 e. The molecule has 1 aromatic rings. The monoisotopic (exact) mass is 489 g/mol. The summed E-state index contributed by atoms with van der Waals surface area (Å²) in [6, 6.07) is 11.6. The van der Waals surface area contributed by atoms with Crippen LogP contribution in [0.15, 0.2) is 41.1 Å². The van der Waals surface area contributed by atoms with E-state index in [9.17, 15) is 20.6 Å². The van der Waals surface area contributed by atoms with E-state index in [0.717, 1.165) is 0 Å². The van der Waals surface area contributed by atoms with E-state index >= 15 is 0 Å². The summed E-state index contributed by atoms with van der Waals surface area (Å²) in [5.41, 5.74) is 5.12. The average molecular weight is 490 g/mol. The Kier molecular flexibility index (Phi) is 7.51. The van der Waals surface area contributed by atoms with Gasteiger partial charge >= 0.3 is 6.09 Å².